The van der Waals surface area contributed by atoms with E-state index in [2.05, 4.69) is 5.32 Å². The zero-order chi connectivity index (χ0) is 14.4. The van der Waals surface area contributed by atoms with Crippen LogP contribution in [0.3, 0.4) is 0 Å². The van der Waals surface area contributed by atoms with Crippen molar-refractivity contribution in [2.45, 2.75) is 20.8 Å². The lowest BCUT2D eigenvalue weighted by molar-refractivity contribution is -0.120. The zero-order valence-corrected chi connectivity index (χ0v) is 12.3. The average molecular weight is 280 g/mol. The molecule has 0 aliphatic heterocycles. The fraction of sp³-hybridized carbons (Fsp3) is 0.429. The number of nitrogens with two attached hydrogens (primary N) is 1. The van der Waals surface area contributed by atoms with Gasteiger partial charge >= 0.3 is 0 Å². The number of hydrogen-bond donors (Lipinski definition) is 2. The Morgan fingerprint density at radius 1 is 1.42 bits per heavy atom. The molecule has 0 radical (unpaired) electrons. The molecule has 1 unspecified atom stereocenters. The predicted molar refractivity (Wildman–Crippen MR) is 81.4 cm³/mol. The van der Waals surface area contributed by atoms with Gasteiger partial charge in [-0.2, -0.15) is 0 Å². The third-order valence-corrected chi connectivity index (χ3v) is 3.01. The van der Waals surface area contributed by atoms with Gasteiger partial charge in [0, 0.05) is 17.7 Å². The highest BCUT2D eigenvalue weighted by Crippen LogP contribution is 2.19. The van der Waals surface area contributed by atoms with E-state index in [1.165, 1.54) is 0 Å². The van der Waals surface area contributed by atoms with Gasteiger partial charge in [-0.15, -0.1) is 0 Å². The van der Waals surface area contributed by atoms with Crippen LogP contribution in [0, 0.1) is 11.8 Å². The van der Waals surface area contributed by atoms with Crippen molar-refractivity contribution in [3.05, 3.63) is 24.3 Å². The summed E-state index contributed by atoms with van der Waals surface area (Å²) in [6.07, 6.45) is 0. The number of carbonyl (C=O) groups is 1. The highest BCUT2D eigenvalue weighted by atomic mass is 32.1. The van der Waals surface area contributed by atoms with Crippen molar-refractivity contribution in [3.63, 3.8) is 0 Å². The first-order chi connectivity index (χ1) is 8.90. The smallest absolute Gasteiger partial charge is 0.227 e. The molecule has 0 aromatic heterocycles. The molecule has 1 aromatic carbocycles. The Balaban J connectivity index is 2.66. The second kappa shape index (κ2) is 7.09. The number of carbonyl (C=O) groups excluding carboxylic acids is 1. The van der Waals surface area contributed by atoms with Crippen LogP contribution in [0.1, 0.15) is 20.8 Å². The van der Waals surface area contributed by atoms with Crippen molar-refractivity contribution in [1.82, 2.24) is 0 Å². The first kappa shape index (κ1) is 15.4. The number of ether oxygens (including phenoxy) is 1. The topological polar surface area (TPSA) is 64.3 Å². The van der Waals surface area contributed by atoms with Crippen LogP contribution >= 0.6 is 12.2 Å². The molecule has 0 saturated heterocycles. The fourth-order valence-corrected chi connectivity index (χ4v) is 1.44. The first-order valence-corrected chi connectivity index (χ1v) is 6.63. The SMILES string of the molecule is CC(C)C(C)C(=O)Nc1cccc(OCC(N)=S)c1. The average Bonchev–Trinajstić information content (AvgIpc) is 2.35. The second-order valence-corrected chi connectivity index (χ2v) is 5.33. The van der Waals surface area contributed by atoms with Gasteiger partial charge in [-0.3, -0.25) is 4.79 Å². The Morgan fingerprint density at radius 3 is 2.68 bits per heavy atom. The quantitative estimate of drug-likeness (QED) is 0.786. The lowest BCUT2D eigenvalue weighted by atomic mass is 9.97. The van der Waals surface area contributed by atoms with Crippen LogP contribution in [0.2, 0.25) is 0 Å². The summed E-state index contributed by atoms with van der Waals surface area (Å²) in [5, 5.41) is 2.87. The van der Waals surface area contributed by atoms with Crippen LogP contribution in [-0.4, -0.2) is 17.5 Å². The third kappa shape index (κ3) is 5.26. The Kier molecular flexibility index (Phi) is 5.76. The van der Waals surface area contributed by atoms with Gasteiger partial charge in [0.2, 0.25) is 5.91 Å². The number of benzene rings is 1. The number of anilines is 1. The molecule has 1 atom stereocenters. The van der Waals surface area contributed by atoms with Crippen LogP contribution in [0.15, 0.2) is 24.3 Å². The minimum Gasteiger partial charge on any atom is -0.486 e. The largest absolute Gasteiger partial charge is 0.486 e. The number of thiocarbonyl (C=S) groups is 1. The molecule has 4 nitrogen and oxygen atoms in total. The molecule has 0 spiro atoms. The molecule has 1 amide bonds. The van der Waals surface area contributed by atoms with E-state index in [0.29, 0.717) is 22.3 Å². The molecule has 0 bridgehead atoms. The van der Waals surface area contributed by atoms with Gasteiger partial charge in [-0.1, -0.05) is 39.1 Å². The molecule has 0 heterocycles. The normalized spacial score (nSPS) is 12.0. The summed E-state index contributed by atoms with van der Waals surface area (Å²) in [6.45, 7) is 6.14. The van der Waals surface area contributed by atoms with Gasteiger partial charge in [0.15, 0.2) is 0 Å². The maximum atomic E-state index is 11.9. The minimum atomic E-state index is -0.0406. The Labute approximate surface area is 119 Å². The van der Waals surface area contributed by atoms with E-state index >= 15 is 0 Å². The molecule has 5 heteroatoms. The van der Waals surface area contributed by atoms with Crippen LogP contribution in [-0.2, 0) is 4.79 Å². The molecular weight excluding hydrogens is 260 g/mol. The predicted octanol–water partition coefficient (Wildman–Crippen LogP) is 2.58. The minimum absolute atomic E-state index is 0.00138. The lowest BCUT2D eigenvalue weighted by Gasteiger charge is -2.15. The van der Waals surface area contributed by atoms with Gasteiger partial charge in [-0.25, -0.2) is 0 Å². The molecule has 0 saturated carbocycles. The monoisotopic (exact) mass is 280 g/mol. The van der Waals surface area contributed by atoms with Gasteiger partial charge < -0.3 is 15.8 Å². The first-order valence-electron chi connectivity index (χ1n) is 6.22. The molecule has 0 fully saturated rings. The van der Waals surface area contributed by atoms with Gasteiger partial charge in [0.25, 0.3) is 0 Å². The Morgan fingerprint density at radius 2 is 2.11 bits per heavy atom. The van der Waals surface area contributed by atoms with Crippen molar-refractivity contribution >= 4 is 28.8 Å². The number of nitrogens with one attached hydrogen (secondary N) is 1. The summed E-state index contributed by atoms with van der Waals surface area (Å²) in [4.78, 5) is 12.2. The maximum absolute atomic E-state index is 11.9. The van der Waals surface area contributed by atoms with Crippen molar-refractivity contribution in [2.75, 3.05) is 11.9 Å². The lowest BCUT2D eigenvalue weighted by Crippen LogP contribution is -2.24. The number of hydrogen-bond acceptors (Lipinski definition) is 3. The molecule has 0 aliphatic rings. The van der Waals surface area contributed by atoms with Crippen molar-refractivity contribution in [1.29, 1.82) is 0 Å². The number of rotatable bonds is 6. The van der Waals surface area contributed by atoms with Crippen LogP contribution in [0.4, 0.5) is 5.69 Å². The summed E-state index contributed by atoms with van der Waals surface area (Å²) in [6, 6.07) is 7.17. The molecule has 0 aliphatic carbocycles. The van der Waals surface area contributed by atoms with Crippen LogP contribution in [0.5, 0.6) is 5.75 Å². The number of amides is 1. The van der Waals surface area contributed by atoms with E-state index in [9.17, 15) is 4.79 Å². The highest BCUT2D eigenvalue weighted by molar-refractivity contribution is 7.80. The van der Waals surface area contributed by atoms with Crippen molar-refractivity contribution in [3.8, 4) is 5.75 Å². The molecule has 1 aromatic rings. The van der Waals surface area contributed by atoms with Gasteiger partial charge in [-0.05, 0) is 18.1 Å². The molecule has 104 valence electrons. The molecule has 3 N–H and O–H groups in total. The second-order valence-electron chi connectivity index (χ2n) is 4.80. The molecule has 19 heavy (non-hydrogen) atoms. The van der Waals surface area contributed by atoms with E-state index in [-0.39, 0.29) is 18.4 Å². The van der Waals surface area contributed by atoms with E-state index in [1.807, 2.05) is 32.9 Å². The van der Waals surface area contributed by atoms with Crippen molar-refractivity contribution in [2.24, 2.45) is 17.6 Å². The summed E-state index contributed by atoms with van der Waals surface area (Å²) in [7, 11) is 0. The van der Waals surface area contributed by atoms with Gasteiger partial charge in [0.1, 0.15) is 17.3 Å². The molecular formula is C14H20N2O2S. The summed E-state index contributed by atoms with van der Waals surface area (Å²) >= 11 is 4.74. The highest BCUT2D eigenvalue weighted by Gasteiger charge is 2.16. The van der Waals surface area contributed by atoms with E-state index in [1.54, 1.807) is 12.1 Å². The summed E-state index contributed by atoms with van der Waals surface area (Å²) < 4.78 is 5.38. The van der Waals surface area contributed by atoms with Crippen LogP contribution in [0.25, 0.3) is 0 Å². The Hall–Kier alpha value is -1.62. The third-order valence-electron chi connectivity index (χ3n) is 2.90. The van der Waals surface area contributed by atoms with Gasteiger partial charge in [0.05, 0.1) is 0 Å². The standard InChI is InChI=1S/C14H20N2O2S/c1-9(2)10(3)14(17)16-11-5-4-6-12(7-11)18-8-13(15)19/h4-7,9-10H,8H2,1-3H3,(H2,15,19)(H,16,17). The fourth-order valence-electron chi connectivity index (χ4n) is 1.38. The van der Waals surface area contributed by atoms with Crippen molar-refractivity contribution < 1.29 is 9.53 Å². The maximum Gasteiger partial charge on any atom is 0.227 e. The van der Waals surface area contributed by atoms with E-state index in [0.717, 1.165) is 0 Å². The van der Waals surface area contributed by atoms with Crippen LogP contribution < -0.4 is 15.8 Å². The molecule has 1 rings (SSSR count). The summed E-state index contributed by atoms with van der Waals surface area (Å²) in [5.74, 6) is 0.888. The van der Waals surface area contributed by atoms with E-state index in [4.69, 9.17) is 22.7 Å². The Bertz CT molecular complexity index is 461. The van der Waals surface area contributed by atoms with E-state index < -0.39 is 0 Å². The summed E-state index contributed by atoms with van der Waals surface area (Å²) in [5.41, 5.74) is 6.08. The zero-order valence-electron chi connectivity index (χ0n) is 11.5.